The topological polar surface area (TPSA) is 0 Å². The van der Waals surface area contributed by atoms with E-state index in [9.17, 15) is 0 Å². The van der Waals surface area contributed by atoms with E-state index in [0.717, 1.165) is 6.16 Å². The van der Waals surface area contributed by atoms with Crippen molar-refractivity contribution in [3.63, 3.8) is 0 Å². The summed E-state index contributed by atoms with van der Waals surface area (Å²) in [6, 6.07) is 39.9. The van der Waals surface area contributed by atoms with Gasteiger partial charge in [-0.1, -0.05) is 0 Å². The predicted molar refractivity (Wildman–Crippen MR) is 201 cm³/mol. The second-order valence-corrected chi connectivity index (χ2v) is 24.8. The average molecular weight is 777 g/mol. The Morgan fingerprint density at radius 2 is 0.725 bits per heavy atom. The van der Waals surface area contributed by atoms with Gasteiger partial charge in [-0.05, 0) is 0 Å². The van der Waals surface area contributed by atoms with Gasteiger partial charge in [-0.15, -0.1) is 24.0 Å². The van der Waals surface area contributed by atoms with Gasteiger partial charge in [0.15, 0.2) is 0 Å². The third-order valence-corrected chi connectivity index (χ3v) is 19.3. The summed E-state index contributed by atoms with van der Waals surface area (Å²) >= 11 is 2.94. The standard InChI is InChI=1S/C37H46IP.HI/c1-35(2,3)29-15-21-32(22-16-29)39(38,27-28-13-11-10-12-14-28,33-23-17-30(18-24-33)36(4,5)6)34-25-19-31(20-26-34)37(7,8)9;/h10-26H,27H2,1-9H3;1H. The molecule has 0 aliphatic rings. The molecule has 0 heterocycles. The summed E-state index contributed by atoms with van der Waals surface area (Å²) in [5, 5.41) is 4.31. The van der Waals surface area contributed by atoms with Crippen LogP contribution in [0.5, 0.6) is 0 Å². The minimum Gasteiger partial charge on any atom is -0.107 e. The Hall–Kier alpha value is -1.23. The van der Waals surface area contributed by atoms with Gasteiger partial charge in [0.25, 0.3) is 0 Å². The molecule has 4 aromatic carbocycles. The Morgan fingerprint density at radius 1 is 0.450 bits per heavy atom. The number of benzene rings is 4. The van der Waals surface area contributed by atoms with Gasteiger partial charge >= 0.3 is 252 Å². The molecule has 0 spiro atoms. The summed E-state index contributed by atoms with van der Waals surface area (Å²) in [7, 11) is 0. The molecule has 0 N–H and O–H groups in total. The van der Waals surface area contributed by atoms with Crippen LogP contribution >= 0.6 is 50.3 Å². The predicted octanol–water partition coefficient (Wildman–Crippen LogP) is 10.6. The van der Waals surface area contributed by atoms with Crippen molar-refractivity contribution in [3.8, 4) is 0 Å². The maximum absolute atomic E-state index is 2.97. The molecule has 0 bridgehead atoms. The van der Waals surface area contributed by atoms with E-state index < -0.39 is 4.25 Å². The normalized spacial score (nSPS) is 13.7. The Labute approximate surface area is 274 Å². The first-order valence-corrected chi connectivity index (χ1v) is 19.3. The van der Waals surface area contributed by atoms with Crippen molar-refractivity contribution in [2.45, 2.75) is 84.7 Å². The summed E-state index contributed by atoms with van der Waals surface area (Å²) in [5.41, 5.74) is 5.84. The Morgan fingerprint density at radius 3 is 0.975 bits per heavy atom. The fourth-order valence-corrected chi connectivity index (χ4v) is 14.2. The maximum Gasteiger partial charge on any atom is -0.107 e. The van der Waals surface area contributed by atoms with Crippen LogP contribution in [-0.2, 0) is 22.4 Å². The van der Waals surface area contributed by atoms with Crippen molar-refractivity contribution >= 4 is 66.2 Å². The summed E-state index contributed by atoms with van der Waals surface area (Å²) < 4.78 is -2.97. The number of hydrogen-bond donors (Lipinski definition) is 0. The fraction of sp³-hybridized carbons (Fsp3) is 0.351. The molecule has 0 saturated heterocycles. The molecule has 0 radical (unpaired) electrons. The zero-order chi connectivity index (χ0) is 28.7. The zero-order valence-electron chi connectivity index (χ0n) is 25.8. The van der Waals surface area contributed by atoms with Crippen molar-refractivity contribution in [3.05, 3.63) is 125 Å². The van der Waals surface area contributed by atoms with Crippen LogP contribution in [0.15, 0.2) is 103 Å². The molecular formula is C37H47I2P. The molecular weight excluding hydrogens is 729 g/mol. The molecule has 0 saturated carbocycles. The molecule has 0 amide bonds. The van der Waals surface area contributed by atoms with Crippen LogP contribution in [0, 0.1) is 0 Å². The smallest absolute Gasteiger partial charge is 0.107 e. The van der Waals surface area contributed by atoms with E-state index in [1.807, 2.05) is 0 Å². The largest absolute Gasteiger partial charge is 0.107 e. The van der Waals surface area contributed by atoms with E-state index in [4.69, 9.17) is 0 Å². The van der Waals surface area contributed by atoms with Crippen LogP contribution in [0.25, 0.3) is 0 Å². The Bertz CT molecular complexity index is 1260. The summed E-state index contributed by atoms with van der Waals surface area (Å²) in [6.45, 7) is 20.7. The minimum atomic E-state index is -2.97. The van der Waals surface area contributed by atoms with Crippen molar-refractivity contribution in [1.29, 1.82) is 0 Å². The number of rotatable bonds is 5. The maximum atomic E-state index is 2.94. The van der Waals surface area contributed by atoms with E-state index in [1.165, 1.54) is 38.2 Å². The van der Waals surface area contributed by atoms with Gasteiger partial charge in [-0.3, -0.25) is 0 Å². The number of hydrogen-bond acceptors (Lipinski definition) is 0. The van der Waals surface area contributed by atoms with E-state index in [2.05, 4.69) is 187 Å². The molecule has 0 atom stereocenters. The first-order valence-electron chi connectivity index (χ1n) is 14.1. The van der Waals surface area contributed by atoms with Gasteiger partial charge < -0.3 is 0 Å². The van der Waals surface area contributed by atoms with Crippen molar-refractivity contribution < 1.29 is 0 Å². The quantitative estimate of drug-likeness (QED) is 0.140. The van der Waals surface area contributed by atoms with Gasteiger partial charge in [-0.25, -0.2) is 0 Å². The molecule has 214 valence electrons. The molecule has 0 unspecified atom stereocenters. The Balaban J connectivity index is 0.00000441. The first kappa shape index (κ1) is 33.3. The first-order chi connectivity index (χ1) is 18.0. The van der Waals surface area contributed by atoms with Gasteiger partial charge in [0, 0.05) is 0 Å². The average Bonchev–Trinajstić information content (AvgIpc) is 2.88. The van der Waals surface area contributed by atoms with Crippen molar-refractivity contribution in [2.24, 2.45) is 0 Å². The van der Waals surface area contributed by atoms with E-state index in [0.29, 0.717) is 0 Å². The second-order valence-electron chi connectivity index (χ2n) is 14.2. The zero-order valence-corrected chi connectivity index (χ0v) is 31.1. The van der Waals surface area contributed by atoms with Crippen molar-refractivity contribution in [1.82, 2.24) is 0 Å². The van der Waals surface area contributed by atoms with E-state index in [-0.39, 0.29) is 40.2 Å². The van der Waals surface area contributed by atoms with Gasteiger partial charge in [-0.2, -0.15) is 0 Å². The third-order valence-electron chi connectivity index (χ3n) is 8.14. The van der Waals surface area contributed by atoms with Crippen LogP contribution in [-0.4, -0.2) is 0 Å². The molecule has 0 aliphatic carbocycles. The summed E-state index contributed by atoms with van der Waals surface area (Å²) in [5.74, 6) is 0. The molecule has 0 aliphatic heterocycles. The van der Waals surface area contributed by atoms with Crippen LogP contribution in [0.2, 0.25) is 0 Å². The van der Waals surface area contributed by atoms with E-state index in [1.54, 1.807) is 0 Å². The second kappa shape index (κ2) is 11.8. The third kappa shape index (κ3) is 6.55. The van der Waals surface area contributed by atoms with Gasteiger partial charge in [0.1, 0.15) is 0 Å². The molecule has 40 heavy (non-hydrogen) atoms. The molecule has 0 aromatic heterocycles. The molecule has 0 fully saturated rings. The molecule has 4 aromatic rings. The van der Waals surface area contributed by atoms with E-state index >= 15 is 0 Å². The van der Waals surface area contributed by atoms with Crippen LogP contribution in [0.4, 0.5) is 0 Å². The number of halogens is 2. The fourth-order valence-electron chi connectivity index (χ4n) is 5.46. The summed E-state index contributed by atoms with van der Waals surface area (Å²) in [4.78, 5) is 0. The van der Waals surface area contributed by atoms with Gasteiger partial charge in [0.2, 0.25) is 0 Å². The SMILES string of the molecule is CC(C)(C)c1ccc(P(I)(Cc2ccccc2)(c2ccc(C(C)(C)C)cc2)c2ccc(C(C)(C)C)cc2)cc1.I. The monoisotopic (exact) mass is 776 g/mol. The van der Waals surface area contributed by atoms with Crippen molar-refractivity contribution in [2.75, 3.05) is 0 Å². The van der Waals surface area contributed by atoms with Crippen LogP contribution < -0.4 is 15.9 Å². The van der Waals surface area contributed by atoms with Gasteiger partial charge in [0.05, 0.1) is 0 Å². The van der Waals surface area contributed by atoms with Crippen LogP contribution in [0.3, 0.4) is 0 Å². The molecule has 4 rings (SSSR count). The minimum absolute atomic E-state index is 0. The summed E-state index contributed by atoms with van der Waals surface area (Å²) in [6.07, 6.45) is 0.978. The van der Waals surface area contributed by atoms with Crippen LogP contribution in [0.1, 0.15) is 84.6 Å². The Kier molecular flexibility index (Phi) is 9.82. The molecule has 0 nitrogen and oxygen atoms in total. The molecule has 3 heteroatoms.